The van der Waals surface area contributed by atoms with E-state index in [2.05, 4.69) is 25.1 Å². The minimum Gasteiger partial charge on any atom is -0.267 e. The molecule has 0 bridgehead atoms. The van der Waals surface area contributed by atoms with Crippen molar-refractivity contribution in [1.29, 1.82) is 0 Å². The number of benzene rings is 4. The monoisotopic (exact) mass is 561 g/mol. The SMILES string of the molecule is CC1CCC/C=C/c2cc3c(cc21)c(=O)n1c(=O)c2ccc(-c4nc(-c5ccccc5)nc(-c5ccccc5)n4)cc2n31. The topological polar surface area (TPSA) is 81.6 Å². The van der Waals surface area contributed by atoms with Gasteiger partial charge in [-0.05, 0) is 60.6 Å². The summed E-state index contributed by atoms with van der Waals surface area (Å²) in [5.74, 6) is 1.94. The van der Waals surface area contributed by atoms with Crippen molar-refractivity contribution in [3.05, 3.63) is 129 Å². The van der Waals surface area contributed by atoms with Crippen molar-refractivity contribution in [1.82, 2.24) is 24.0 Å². The molecule has 3 heterocycles. The van der Waals surface area contributed by atoms with E-state index >= 15 is 0 Å². The summed E-state index contributed by atoms with van der Waals surface area (Å²) >= 11 is 0. The van der Waals surface area contributed by atoms with Gasteiger partial charge >= 0.3 is 0 Å². The van der Waals surface area contributed by atoms with Crippen molar-refractivity contribution < 1.29 is 0 Å². The molecule has 7 nitrogen and oxygen atoms in total. The molecule has 0 aliphatic heterocycles. The van der Waals surface area contributed by atoms with Gasteiger partial charge in [-0.1, -0.05) is 85.8 Å². The average Bonchev–Trinajstić information content (AvgIpc) is 3.50. The summed E-state index contributed by atoms with van der Waals surface area (Å²) in [7, 11) is 0. The van der Waals surface area contributed by atoms with Gasteiger partial charge in [0.1, 0.15) is 0 Å². The predicted octanol–water partition coefficient (Wildman–Crippen LogP) is 6.99. The number of aromatic nitrogens is 5. The summed E-state index contributed by atoms with van der Waals surface area (Å²) < 4.78 is 3.02. The highest BCUT2D eigenvalue weighted by Crippen LogP contribution is 2.32. The molecule has 0 amide bonds. The highest BCUT2D eigenvalue weighted by molar-refractivity contribution is 5.91. The molecule has 4 aromatic carbocycles. The van der Waals surface area contributed by atoms with Gasteiger partial charge in [0.2, 0.25) is 0 Å². The fourth-order valence-corrected chi connectivity index (χ4v) is 6.26. The summed E-state index contributed by atoms with van der Waals surface area (Å²) in [5.41, 5.74) is 5.46. The van der Waals surface area contributed by atoms with Gasteiger partial charge in [-0.3, -0.25) is 9.59 Å². The minimum atomic E-state index is -0.329. The van der Waals surface area contributed by atoms with Gasteiger partial charge in [0.05, 0.1) is 21.8 Å². The van der Waals surface area contributed by atoms with Crippen LogP contribution in [0.3, 0.4) is 0 Å². The van der Waals surface area contributed by atoms with Crippen LogP contribution in [0.15, 0.2) is 107 Å². The van der Waals surface area contributed by atoms with E-state index in [1.54, 1.807) is 10.6 Å². The van der Waals surface area contributed by atoms with Crippen LogP contribution in [0.5, 0.6) is 0 Å². The van der Waals surface area contributed by atoms with Crippen molar-refractivity contribution in [2.45, 2.75) is 32.1 Å². The molecule has 43 heavy (non-hydrogen) atoms. The minimum absolute atomic E-state index is 0.295. The third-order valence-electron chi connectivity index (χ3n) is 8.49. The van der Waals surface area contributed by atoms with Gasteiger partial charge in [-0.15, -0.1) is 0 Å². The average molecular weight is 562 g/mol. The maximum atomic E-state index is 13.7. The summed E-state index contributed by atoms with van der Waals surface area (Å²) in [6.45, 7) is 2.21. The number of hydrogen-bond acceptors (Lipinski definition) is 5. The van der Waals surface area contributed by atoms with Crippen LogP contribution in [-0.4, -0.2) is 24.0 Å². The zero-order chi connectivity index (χ0) is 29.1. The van der Waals surface area contributed by atoms with Gasteiger partial charge in [0.25, 0.3) is 11.1 Å². The number of nitrogens with zero attached hydrogens (tertiary/aromatic N) is 5. The van der Waals surface area contributed by atoms with Gasteiger partial charge < -0.3 is 0 Å². The summed E-state index contributed by atoms with van der Waals surface area (Å²) in [6.07, 6.45) is 7.55. The largest absolute Gasteiger partial charge is 0.282 e. The van der Waals surface area contributed by atoms with E-state index in [9.17, 15) is 9.59 Å². The van der Waals surface area contributed by atoms with Gasteiger partial charge in [-0.2, -0.15) is 4.52 Å². The molecule has 0 radical (unpaired) electrons. The van der Waals surface area contributed by atoms with Crippen molar-refractivity contribution in [2.75, 3.05) is 0 Å². The lowest BCUT2D eigenvalue weighted by Gasteiger charge is -2.17. The first-order chi connectivity index (χ1) is 21.1. The highest BCUT2D eigenvalue weighted by atomic mass is 16.2. The molecule has 1 aliphatic rings. The molecule has 1 unspecified atom stereocenters. The number of hydrogen-bond donors (Lipinski definition) is 0. The molecule has 208 valence electrons. The van der Waals surface area contributed by atoms with Crippen LogP contribution in [0.4, 0.5) is 0 Å². The third-order valence-corrected chi connectivity index (χ3v) is 8.49. The van der Waals surface area contributed by atoms with Crippen LogP contribution in [0.25, 0.3) is 62.0 Å². The molecule has 0 spiro atoms. The second-order valence-corrected chi connectivity index (χ2v) is 11.2. The molecule has 1 aliphatic carbocycles. The first-order valence-electron chi connectivity index (χ1n) is 14.6. The summed E-state index contributed by atoms with van der Waals surface area (Å²) in [5, 5.41) is 1.03. The first kappa shape index (κ1) is 25.3. The van der Waals surface area contributed by atoms with Crippen molar-refractivity contribution >= 4 is 27.9 Å². The van der Waals surface area contributed by atoms with Crippen LogP contribution in [0.1, 0.15) is 43.2 Å². The van der Waals surface area contributed by atoms with E-state index in [0.29, 0.717) is 39.7 Å². The van der Waals surface area contributed by atoms with E-state index < -0.39 is 0 Å². The standard InChI is InChI=1S/C36H27N5O2/c1-22-11-5-2-10-16-25-19-31-29(21-28(22)25)36(43)41-35(42)27-18-17-26(20-30(27)40(31)41)34-38-32(23-12-6-3-7-13-23)37-33(39-34)24-14-8-4-9-15-24/h3-4,6-10,12-22H,2,5,11H2,1H3/b16-10+. The van der Waals surface area contributed by atoms with Crippen LogP contribution in [-0.2, 0) is 0 Å². The number of fused-ring (bicyclic) bond motifs is 6. The lowest BCUT2D eigenvalue weighted by molar-refractivity contribution is 0.637. The molecule has 7 aromatic rings. The molecule has 0 saturated carbocycles. The Morgan fingerprint density at radius 2 is 1.26 bits per heavy atom. The van der Waals surface area contributed by atoms with E-state index in [4.69, 9.17) is 15.0 Å². The Hall–Kier alpha value is -5.43. The zero-order valence-electron chi connectivity index (χ0n) is 23.6. The van der Waals surface area contributed by atoms with E-state index in [1.165, 1.54) is 4.52 Å². The molecule has 0 fully saturated rings. The van der Waals surface area contributed by atoms with Gasteiger partial charge in [-0.25, -0.2) is 19.5 Å². The van der Waals surface area contributed by atoms with E-state index in [1.807, 2.05) is 78.9 Å². The van der Waals surface area contributed by atoms with Crippen LogP contribution in [0, 0.1) is 0 Å². The summed E-state index contributed by atoms with van der Waals surface area (Å²) in [6, 6.07) is 29.2. The third kappa shape index (κ3) is 4.07. The Kier molecular flexibility index (Phi) is 5.79. The number of rotatable bonds is 3. The summed E-state index contributed by atoms with van der Waals surface area (Å²) in [4.78, 5) is 41.8. The van der Waals surface area contributed by atoms with Gasteiger partial charge in [0.15, 0.2) is 17.5 Å². The van der Waals surface area contributed by atoms with Crippen molar-refractivity contribution in [3.63, 3.8) is 0 Å². The molecule has 8 rings (SSSR count). The predicted molar refractivity (Wildman–Crippen MR) is 171 cm³/mol. The molecule has 1 atom stereocenters. The Morgan fingerprint density at radius 3 is 1.93 bits per heavy atom. The molecule has 7 heteroatoms. The Balaban J connectivity index is 1.38. The van der Waals surface area contributed by atoms with E-state index in [0.717, 1.165) is 52.6 Å². The second kappa shape index (κ2) is 9.84. The zero-order valence-corrected chi connectivity index (χ0v) is 23.6. The highest BCUT2D eigenvalue weighted by Gasteiger charge is 2.22. The molecular formula is C36H27N5O2. The maximum Gasteiger partial charge on any atom is 0.282 e. The van der Waals surface area contributed by atoms with Crippen molar-refractivity contribution in [2.24, 2.45) is 0 Å². The van der Waals surface area contributed by atoms with Crippen LogP contribution >= 0.6 is 0 Å². The van der Waals surface area contributed by atoms with Crippen LogP contribution < -0.4 is 11.1 Å². The Morgan fingerprint density at radius 1 is 0.651 bits per heavy atom. The lowest BCUT2D eigenvalue weighted by Crippen LogP contribution is -2.21. The smallest absolute Gasteiger partial charge is 0.267 e. The van der Waals surface area contributed by atoms with E-state index in [-0.39, 0.29) is 11.1 Å². The maximum absolute atomic E-state index is 13.7. The van der Waals surface area contributed by atoms with Crippen LogP contribution in [0.2, 0.25) is 0 Å². The van der Waals surface area contributed by atoms with Crippen molar-refractivity contribution in [3.8, 4) is 34.2 Å². The Labute approximate surface area is 246 Å². The fourth-order valence-electron chi connectivity index (χ4n) is 6.26. The Bertz CT molecular complexity index is 2260. The van der Waals surface area contributed by atoms with Gasteiger partial charge in [0, 0.05) is 16.7 Å². The molecule has 0 saturated heterocycles. The molecule has 0 N–H and O–H groups in total. The number of allylic oxidation sites excluding steroid dienone is 1. The molecular weight excluding hydrogens is 534 g/mol. The lowest BCUT2D eigenvalue weighted by atomic mass is 9.88. The fraction of sp³-hybridized carbons (Fsp3) is 0.139. The quantitative estimate of drug-likeness (QED) is 0.232. The first-order valence-corrected chi connectivity index (χ1v) is 14.6. The normalized spacial score (nSPS) is 15.9. The molecule has 3 aromatic heterocycles. The second-order valence-electron chi connectivity index (χ2n) is 11.2.